The SMILES string of the molecule is Cc1ccc(C=NNc2nc(N)c3ncn([C@@H]4O[C@H](CO)[C@@H](O)[C@H]4O)c3n2)cc1. The Hall–Kier alpha value is -3.12. The lowest BCUT2D eigenvalue weighted by Crippen LogP contribution is -2.33. The first-order valence-corrected chi connectivity index (χ1v) is 8.96. The van der Waals surface area contributed by atoms with E-state index in [1.807, 2.05) is 31.2 Å². The van der Waals surface area contributed by atoms with Gasteiger partial charge in [0.15, 0.2) is 17.7 Å². The predicted molar refractivity (Wildman–Crippen MR) is 105 cm³/mol. The van der Waals surface area contributed by atoms with Crippen LogP contribution in [0, 0.1) is 6.92 Å². The molecular formula is C18H21N7O4. The van der Waals surface area contributed by atoms with Crippen LogP contribution in [0.3, 0.4) is 0 Å². The van der Waals surface area contributed by atoms with Gasteiger partial charge in [-0.3, -0.25) is 4.57 Å². The molecule has 2 aromatic heterocycles. The number of nitrogens with one attached hydrogen (secondary N) is 1. The van der Waals surface area contributed by atoms with Crippen LogP contribution in [-0.4, -0.2) is 66.0 Å². The van der Waals surface area contributed by atoms with Crippen molar-refractivity contribution >= 4 is 29.1 Å². The molecular weight excluding hydrogens is 378 g/mol. The molecule has 4 atom stereocenters. The number of fused-ring (bicyclic) bond motifs is 1. The second-order valence-corrected chi connectivity index (χ2v) is 6.77. The lowest BCUT2D eigenvalue weighted by molar-refractivity contribution is -0.0511. The molecule has 0 spiro atoms. The lowest BCUT2D eigenvalue weighted by Gasteiger charge is -2.16. The van der Waals surface area contributed by atoms with Crippen molar-refractivity contribution in [2.24, 2.45) is 5.10 Å². The molecule has 11 heteroatoms. The van der Waals surface area contributed by atoms with E-state index >= 15 is 0 Å². The summed E-state index contributed by atoms with van der Waals surface area (Å²) in [5, 5.41) is 33.7. The van der Waals surface area contributed by atoms with Crippen molar-refractivity contribution in [3.63, 3.8) is 0 Å². The first-order valence-electron chi connectivity index (χ1n) is 8.96. The number of aryl methyl sites for hydroxylation is 1. The van der Waals surface area contributed by atoms with Gasteiger partial charge in [-0.2, -0.15) is 15.1 Å². The fourth-order valence-corrected chi connectivity index (χ4v) is 3.10. The first kappa shape index (κ1) is 19.2. The molecule has 1 fully saturated rings. The van der Waals surface area contributed by atoms with Crippen molar-refractivity contribution in [2.75, 3.05) is 17.8 Å². The summed E-state index contributed by atoms with van der Waals surface area (Å²) in [7, 11) is 0. The van der Waals surface area contributed by atoms with E-state index in [2.05, 4.69) is 25.5 Å². The van der Waals surface area contributed by atoms with Crippen LogP contribution >= 0.6 is 0 Å². The van der Waals surface area contributed by atoms with Crippen LogP contribution in [0.4, 0.5) is 11.8 Å². The number of hydrogen-bond acceptors (Lipinski definition) is 10. The zero-order chi connectivity index (χ0) is 20.5. The zero-order valence-corrected chi connectivity index (χ0v) is 15.5. The molecule has 29 heavy (non-hydrogen) atoms. The Bertz CT molecular complexity index is 1040. The summed E-state index contributed by atoms with van der Waals surface area (Å²) in [6.07, 6.45) is -1.40. The van der Waals surface area contributed by atoms with Gasteiger partial charge in [0, 0.05) is 0 Å². The summed E-state index contributed by atoms with van der Waals surface area (Å²) in [5.74, 6) is 0.250. The topological polar surface area (TPSA) is 164 Å². The molecule has 1 aromatic carbocycles. The van der Waals surface area contributed by atoms with Gasteiger partial charge in [0.05, 0.1) is 19.1 Å². The van der Waals surface area contributed by atoms with Crippen LogP contribution < -0.4 is 11.2 Å². The minimum absolute atomic E-state index is 0.119. The van der Waals surface area contributed by atoms with Gasteiger partial charge >= 0.3 is 0 Å². The van der Waals surface area contributed by atoms with E-state index in [9.17, 15) is 15.3 Å². The van der Waals surface area contributed by atoms with Crippen LogP contribution in [0.25, 0.3) is 11.2 Å². The van der Waals surface area contributed by atoms with Crippen LogP contribution in [-0.2, 0) is 4.74 Å². The molecule has 1 saturated heterocycles. The van der Waals surface area contributed by atoms with Crippen LogP contribution in [0.5, 0.6) is 0 Å². The molecule has 6 N–H and O–H groups in total. The number of ether oxygens (including phenoxy) is 1. The Kier molecular flexibility index (Phi) is 5.11. The largest absolute Gasteiger partial charge is 0.394 e. The van der Waals surface area contributed by atoms with Gasteiger partial charge in [-0.05, 0) is 12.5 Å². The predicted octanol–water partition coefficient (Wildman–Crippen LogP) is -0.226. The average molecular weight is 399 g/mol. The molecule has 0 aliphatic carbocycles. The zero-order valence-electron chi connectivity index (χ0n) is 15.5. The minimum atomic E-state index is -1.27. The van der Waals surface area contributed by atoms with Crippen LogP contribution in [0.15, 0.2) is 35.7 Å². The minimum Gasteiger partial charge on any atom is -0.394 e. The third kappa shape index (κ3) is 3.63. The number of rotatable bonds is 5. The van der Waals surface area contributed by atoms with E-state index < -0.39 is 31.1 Å². The lowest BCUT2D eigenvalue weighted by atomic mass is 10.1. The summed E-state index contributed by atoms with van der Waals surface area (Å²) in [6, 6.07) is 7.80. The van der Waals surface area contributed by atoms with E-state index in [1.54, 1.807) is 6.21 Å². The van der Waals surface area contributed by atoms with E-state index in [0.717, 1.165) is 11.1 Å². The summed E-state index contributed by atoms with van der Waals surface area (Å²) in [5.41, 5.74) is 11.3. The molecule has 0 saturated carbocycles. The Labute approximate surface area is 165 Å². The quantitative estimate of drug-likeness (QED) is 0.288. The first-order chi connectivity index (χ1) is 14.0. The van der Waals surface area contributed by atoms with Crippen molar-refractivity contribution in [1.29, 1.82) is 0 Å². The Balaban J connectivity index is 1.61. The number of aliphatic hydroxyl groups is 3. The average Bonchev–Trinajstić information content (AvgIpc) is 3.25. The van der Waals surface area contributed by atoms with Gasteiger partial charge in [0.1, 0.15) is 23.8 Å². The van der Waals surface area contributed by atoms with Crippen LogP contribution in [0.1, 0.15) is 17.4 Å². The number of nitrogens with two attached hydrogens (primary N) is 1. The molecule has 152 valence electrons. The highest BCUT2D eigenvalue weighted by Crippen LogP contribution is 2.32. The third-order valence-electron chi connectivity index (χ3n) is 4.70. The number of benzene rings is 1. The van der Waals surface area contributed by atoms with Crippen molar-refractivity contribution in [2.45, 2.75) is 31.5 Å². The number of aliphatic hydroxyl groups excluding tert-OH is 3. The maximum atomic E-state index is 10.3. The van der Waals surface area contributed by atoms with E-state index in [-0.39, 0.29) is 11.8 Å². The standard InChI is InChI=1S/C18H21N7O4/c1-9-2-4-10(5-3-9)6-21-24-18-22-15(19)12-16(23-18)25(8-20-12)17-14(28)13(27)11(7-26)29-17/h2-6,8,11,13-14,17,26-28H,7H2,1H3,(H3,19,22,23,24)/t11-,13-,14-,17-/m1/s1. The summed E-state index contributed by atoms with van der Waals surface area (Å²) in [6.45, 7) is 1.57. The van der Waals surface area contributed by atoms with Gasteiger partial charge < -0.3 is 25.8 Å². The highest BCUT2D eigenvalue weighted by molar-refractivity contribution is 5.83. The summed E-state index contributed by atoms with van der Waals surface area (Å²) >= 11 is 0. The molecule has 1 aliphatic rings. The van der Waals surface area contributed by atoms with E-state index in [4.69, 9.17) is 10.5 Å². The smallest absolute Gasteiger partial charge is 0.247 e. The Morgan fingerprint density at radius 2 is 2.00 bits per heavy atom. The maximum absolute atomic E-state index is 10.3. The number of hydrazone groups is 1. The summed E-state index contributed by atoms with van der Waals surface area (Å²) < 4.78 is 6.97. The van der Waals surface area contributed by atoms with Crippen LogP contribution in [0.2, 0.25) is 0 Å². The molecule has 3 heterocycles. The summed E-state index contributed by atoms with van der Waals surface area (Å²) in [4.78, 5) is 12.6. The molecule has 4 rings (SSSR count). The van der Waals surface area contributed by atoms with Crippen molar-refractivity contribution in [1.82, 2.24) is 19.5 Å². The number of nitrogen functional groups attached to an aromatic ring is 1. The molecule has 11 nitrogen and oxygen atoms in total. The molecule has 0 radical (unpaired) electrons. The normalized spacial score (nSPS) is 24.6. The second kappa shape index (κ2) is 7.72. The van der Waals surface area contributed by atoms with Crippen molar-refractivity contribution in [3.05, 3.63) is 41.7 Å². The van der Waals surface area contributed by atoms with Crippen molar-refractivity contribution < 1.29 is 20.1 Å². The molecule has 1 aliphatic heterocycles. The van der Waals surface area contributed by atoms with Crippen molar-refractivity contribution in [3.8, 4) is 0 Å². The number of anilines is 2. The highest BCUT2D eigenvalue weighted by atomic mass is 16.6. The second-order valence-electron chi connectivity index (χ2n) is 6.77. The monoisotopic (exact) mass is 399 g/mol. The third-order valence-corrected chi connectivity index (χ3v) is 4.70. The fourth-order valence-electron chi connectivity index (χ4n) is 3.10. The number of imidazole rings is 1. The van der Waals surface area contributed by atoms with Gasteiger partial charge in [-0.1, -0.05) is 29.8 Å². The molecule has 0 bridgehead atoms. The Morgan fingerprint density at radius 1 is 1.24 bits per heavy atom. The number of hydrogen-bond donors (Lipinski definition) is 5. The van der Waals surface area contributed by atoms with Gasteiger partial charge in [0.2, 0.25) is 5.95 Å². The number of nitrogens with zero attached hydrogens (tertiary/aromatic N) is 5. The van der Waals surface area contributed by atoms with Gasteiger partial charge in [-0.15, -0.1) is 0 Å². The van der Waals surface area contributed by atoms with Gasteiger partial charge in [0.25, 0.3) is 0 Å². The fraction of sp³-hybridized carbons (Fsp3) is 0.333. The maximum Gasteiger partial charge on any atom is 0.247 e. The molecule has 3 aromatic rings. The highest BCUT2D eigenvalue weighted by Gasteiger charge is 2.44. The van der Waals surface area contributed by atoms with E-state index in [1.165, 1.54) is 10.9 Å². The molecule has 0 amide bonds. The molecule has 0 unspecified atom stereocenters. The Morgan fingerprint density at radius 3 is 2.69 bits per heavy atom. The van der Waals surface area contributed by atoms with E-state index in [0.29, 0.717) is 11.2 Å². The number of aromatic nitrogens is 4. The van der Waals surface area contributed by atoms with Gasteiger partial charge in [-0.25, -0.2) is 10.4 Å².